The van der Waals surface area contributed by atoms with Gasteiger partial charge in [-0.1, -0.05) is 36.2 Å². The first-order chi connectivity index (χ1) is 9.04. The molecule has 19 heavy (non-hydrogen) atoms. The lowest BCUT2D eigenvalue weighted by Crippen LogP contribution is -2.11. The minimum atomic E-state index is -1.17. The van der Waals surface area contributed by atoms with Gasteiger partial charge in [-0.05, 0) is 18.6 Å². The molecule has 1 atom stereocenters. The van der Waals surface area contributed by atoms with E-state index < -0.39 is 11.9 Å². The monoisotopic (exact) mass is 302 g/mol. The van der Waals surface area contributed by atoms with Gasteiger partial charge in [0.05, 0.1) is 16.9 Å². The Bertz CT molecular complexity index is 586. The number of rotatable bonds is 4. The van der Waals surface area contributed by atoms with Crippen LogP contribution in [0.4, 0.5) is 4.39 Å². The molecule has 0 bridgehead atoms. The molecule has 0 aliphatic carbocycles. The normalized spacial score (nSPS) is 12.7. The minimum Gasteiger partial charge on any atom is -0.382 e. The van der Waals surface area contributed by atoms with Crippen molar-refractivity contribution in [2.24, 2.45) is 0 Å². The number of nitrogens with zero attached hydrogens (tertiary/aromatic N) is 2. The number of aromatic nitrogens is 2. The molecule has 1 heterocycles. The molecule has 1 unspecified atom stereocenters. The third kappa shape index (κ3) is 2.91. The molecule has 0 aliphatic rings. The number of hydrogen-bond donors (Lipinski definition) is 1. The van der Waals surface area contributed by atoms with Gasteiger partial charge in [-0.2, -0.15) is 5.10 Å². The van der Waals surface area contributed by atoms with Crippen molar-refractivity contribution in [3.8, 4) is 0 Å². The molecule has 0 saturated heterocycles. The van der Waals surface area contributed by atoms with E-state index in [0.29, 0.717) is 17.3 Å². The molecule has 2 rings (SSSR count). The highest BCUT2D eigenvalue weighted by molar-refractivity contribution is 6.31. The maximum Gasteiger partial charge on any atom is 0.130 e. The fraction of sp³-hybridized carbons (Fsp3) is 0.308. The molecule has 0 radical (unpaired) electrons. The Labute approximate surface area is 120 Å². The third-order valence-corrected chi connectivity index (χ3v) is 3.31. The molecule has 0 saturated carbocycles. The largest absolute Gasteiger partial charge is 0.382 e. The van der Waals surface area contributed by atoms with Gasteiger partial charge < -0.3 is 5.11 Å². The number of benzene rings is 1. The standard InChI is InChI=1S/C13H13Cl2FN2O/c1-2-5-18-12(10(15)7-17-18)13(19)9-4-3-8(14)6-11(9)16/h3-4,6-7,13,19H,2,5H2,1H3. The van der Waals surface area contributed by atoms with E-state index >= 15 is 0 Å². The first kappa shape index (κ1) is 14.3. The van der Waals surface area contributed by atoms with Gasteiger partial charge in [0, 0.05) is 17.1 Å². The summed E-state index contributed by atoms with van der Waals surface area (Å²) in [6, 6.07) is 4.13. The van der Waals surface area contributed by atoms with E-state index in [4.69, 9.17) is 23.2 Å². The summed E-state index contributed by atoms with van der Waals surface area (Å²) in [6.45, 7) is 2.59. The quantitative estimate of drug-likeness (QED) is 0.932. The fourth-order valence-electron chi connectivity index (χ4n) is 1.90. The maximum atomic E-state index is 13.8. The van der Waals surface area contributed by atoms with Crippen LogP contribution in [0, 0.1) is 5.82 Å². The number of aryl methyl sites for hydroxylation is 1. The predicted molar refractivity (Wildman–Crippen MR) is 73.0 cm³/mol. The highest BCUT2D eigenvalue weighted by Crippen LogP contribution is 2.30. The molecular weight excluding hydrogens is 290 g/mol. The predicted octanol–water partition coefficient (Wildman–Crippen LogP) is 3.82. The summed E-state index contributed by atoms with van der Waals surface area (Å²) in [5.74, 6) is -0.569. The van der Waals surface area contributed by atoms with Crippen molar-refractivity contribution in [3.05, 3.63) is 51.5 Å². The lowest BCUT2D eigenvalue weighted by Gasteiger charge is -2.15. The van der Waals surface area contributed by atoms with Crippen LogP contribution in [0.1, 0.15) is 30.7 Å². The van der Waals surface area contributed by atoms with Gasteiger partial charge in [0.2, 0.25) is 0 Å². The van der Waals surface area contributed by atoms with Gasteiger partial charge in [-0.15, -0.1) is 0 Å². The first-order valence-corrected chi connectivity index (χ1v) is 6.64. The summed E-state index contributed by atoms with van der Waals surface area (Å²) in [5, 5.41) is 15.0. The molecule has 102 valence electrons. The Kier molecular flexibility index (Phi) is 4.45. The number of aliphatic hydroxyl groups is 1. The summed E-state index contributed by atoms with van der Waals surface area (Å²) in [6.07, 6.45) is 1.11. The van der Waals surface area contributed by atoms with Crippen molar-refractivity contribution in [2.75, 3.05) is 0 Å². The number of hydrogen-bond acceptors (Lipinski definition) is 2. The van der Waals surface area contributed by atoms with Gasteiger partial charge in [0.15, 0.2) is 0 Å². The van der Waals surface area contributed by atoms with Crippen molar-refractivity contribution in [1.82, 2.24) is 9.78 Å². The van der Waals surface area contributed by atoms with E-state index in [1.165, 1.54) is 18.3 Å². The van der Waals surface area contributed by atoms with E-state index in [1.54, 1.807) is 4.68 Å². The highest BCUT2D eigenvalue weighted by Gasteiger charge is 2.22. The number of aliphatic hydroxyl groups excluding tert-OH is 1. The maximum absolute atomic E-state index is 13.8. The van der Waals surface area contributed by atoms with Gasteiger partial charge in [-0.25, -0.2) is 4.39 Å². The molecule has 0 amide bonds. The summed E-state index contributed by atoms with van der Waals surface area (Å²) < 4.78 is 15.4. The molecule has 1 aromatic heterocycles. The van der Waals surface area contributed by atoms with Gasteiger partial charge >= 0.3 is 0 Å². The van der Waals surface area contributed by atoms with Crippen LogP contribution in [0.25, 0.3) is 0 Å². The Hall–Kier alpha value is -1.10. The van der Waals surface area contributed by atoms with Crippen LogP contribution in [-0.4, -0.2) is 14.9 Å². The summed E-state index contributed by atoms with van der Waals surface area (Å²) in [4.78, 5) is 0. The van der Waals surface area contributed by atoms with Gasteiger partial charge in [0.25, 0.3) is 0 Å². The average Bonchev–Trinajstić information content (AvgIpc) is 2.70. The van der Waals surface area contributed by atoms with Crippen molar-refractivity contribution < 1.29 is 9.50 Å². The van der Waals surface area contributed by atoms with Crippen LogP contribution in [0.2, 0.25) is 10.0 Å². The Morgan fingerprint density at radius 2 is 2.16 bits per heavy atom. The molecule has 0 spiro atoms. The van der Waals surface area contributed by atoms with Crippen molar-refractivity contribution in [3.63, 3.8) is 0 Å². The van der Waals surface area contributed by atoms with Crippen LogP contribution >= 0.6 is 23.2 Å². The second-order valence-corrected chi connectivity index (χ2v) is 5.01. The first-order valence-electron chi connectivity index (χ1n) is 5.88. The number of halogens is 3. The molecule has 0 fully saturated rings. The zero-order chi connectivity index (χ0) is 14.0. The second kappa shape index (κ2) is 5.90. The fourth-order valence-corrected chi connectivity index (χ4v) is 2.31. The molecule has 1 aromatic carbocycles. The lowest BCUT2D eigenvalue weighted by atomic mass is 10.1. The van der Waals surface area contributed by atoms with Crippen LogP contribution in [-0.2, 0) is 6.54 Å². The van der Waals surface area contributed by atoms with Gasteiger partial charge in [0.1, 0.15) is 11.9 Å². The molecule has 3 nitrogen and oxygen atoms in total. The van der Waals surface area contributed by atoms with Crippen LogP contribution in [0.5, 0.6) is 0 Å². The molecule has 0 aliphatic heterocycles. The third-order valence-electron chi connectivity index (χ3n) is 2.78. The average molecular weight is 303 g/mol. The highest BCUT2D eigenvalue weighted by atomic mass is 35.5. The molecule has 6 heteroatoms. The zero-order valence-corrected chi connectivity index (χ0v) is 11.8. The Morgan fingerprint density at radius 1 is 1.42 bits per heavy atom. The van der Waals surface area contributed by atoms with Crippen LogP contribution in [0.3, 0.4) is 0 Å². The molecule has 2 aromatic rings. The minimum absolute atomic E-state index is 0.129. The van der Waals surface area contributed by atoms with Crippen LogP contribution < -0.4 is 0 Å². The molecule has 1 N–H and O–H groups in total. The summed E-state index contributed by atoms with van der Waals surface area (Å²) in [5.41, 5.74) is 0.522. The molecular formula is C13H13Cl2FN2O. The topological polar surface area (TPSA) is 38.0 Å². The van der Waals surface area contributed by atoms with E-state index in [2.05, 4.69) is 5.10 Å². The summed E-state index contributed by atoms with van der Waals surface area (Å²) in [7, 11) is 0. The van der Waals surface area contributed by atoms with Crippen molar-refractivity contribution in [2.45, 2.75) is 26.0 Å². The van der Waals surface area contributed by atoms with E-state index in [-0.39, 0.29) is 10.6 Å². The Morgan fingerprint density at radius 3 is 2.79 bits per heavy atom. The van der Waals surface area contributed by atoms with Gasteiger partial charge in [-0.3, -0.25) is 4.68 Å². The van der Waals surface area contributed by atoms with E-state index in [0.717, 1.165) is 12.5 Å². The second-order valence-electron chi connectivity index (χ2n) is 4.17. The van der Waals surface area contributed by atoms with Crippen molar-refractivity contribution in [1.29, 1.82) is 0 Å². The lowest BCUT2D eigenvalue weighted by molar-refractivity contribution is 0.202. The van der Waals surface area contributed by atoms with E-state index in [9.17, 15) is 9.50 Å². The smallest absolute Gasteiger partial charge is 0.130 e. The van der Waals surface area contributed by atoms with E-state index in [1.807, 2.05) is 6.92 Å². The van der Waals surface area contributed by atoms with Crippen molar-refractivity contribution >= 4 is 23.2 Å². The zero-order valence-electron chi connectivity index (χ0n) is 10.3. The van der Waals surface area contributed by atoms with Crippen LogP contribution in [0.15, 0.2) is 24.4 Å². The SMILES string of the molecule is CCCn1ncc(Cl)c1C(O)c1ccc(Cl)cc1F. The summed E-state index contributed by atoms with van der Waals surface area (Å²) >= 11 is 11.7. The Balaban J connectivity index is 2.43.